The predicted octanol–water partition coefficient (Wildman–Crippen LogP) is 5.39. The van der Waals surface area contributed by atoms with E-state index in [1.165, 1.54) is 26.8 Å². The molecule has 0 saturated carbocycles. The molecule has 1 aromatic rings. The maximum Gasteiger partial charge on any atom is 0.0214 e. The van der Waals surface area contributed by atoms with Crippen molar-refractivity contribution in [3.05, 3.63) is 62.1 Å². The molecule has 0 nitrogen and oxygen atoms in total. The first kappa shape index (κ1) is 11.5. The second-order valence-corrected chi connectivity index (χ2v) is 6.16. The van der Waals surface area contributed by atoms with Gasteiger partial charge in [0.25, 0.3) is 0 Å². The van der Waals surface area contributed by atoms with Crippen LogP contribution in [0, 0.1) is 0 Å². The number of halogens is 2. The molecule has 2 aliphatic carbocycles. The Kier molecular flexibility index (Phi) is 3.10. The molecule has 0 unspecified atom stereocenters. The quantitative estimate of drug-likeness (QED) is 0.588. The highest BCUT2D eigenvalue weighted by molar-refractivity contribution is 9.12. The molecule has 0 fully saturated rings. The molecule has 0 spiro atoms. The standard InChI is InChI=1S/C15H12Br2/c16-11-6-7-12-10(9-11)5-8-15(17)14-4-2-1-3-13(12)14/h2,4,6-9H,1,3,5H2. The molecule has 0 bridgehead atoms. The van der Waals surface area contributed by atoms with Crippen molar-refractivity contribution in [3.63, 3.8) is 0 Å². The molecule has 0 radical (unpaired) electrons. The van der Waals surface area contributed by atoms with E-state index in [9.17, 15) is 0 Å². The van der Waals surface area contributed by atoms with E-state index in [0.29, 0.717) is 0 Å². The van der Waals surface area contributed by atoms with Crippen molar-refractivity contribution in [3.8, 4) is 0 Å². The molecular formula is C15H12Br2. The van der Waals surface area contributed by atoms with Crippen molar-refractivity contribution in [1.82, 2.24) is 0 Å². The van der Waals surface area contributed by atoms with Crippen LogP contribution in [0.5, 0.6) is 0 Å². The van der Waals surface area contributed by atoms with Gasteiger partial charge in [-0.3, -0.25) is 0 Å². The van der Waals surface area contributed by atoms with Crippen LogP contribution in [-0.2, 0) is 6.42 Å². The fourth-order valence-electron chi connectivity index (χ4n) is 2.50. The highest BCUT2D eigenvalue weighted by Crippen LogP contribution is 2.39. The lowest BCUT2D eigenvalue weighted by molar-refractivity contribution is 1.04. The minimum atomic E-state index is 0.996. The van der Waals surface area contributed by atoms with Crippen LogP contribution in [0.3, 0.4) is 0 Å². The molecule has 0 amide bonds. The molecule has 0 aromatic heterocycles. The average Bonchev–Trinajstić information content (AvgIpc) is 2.48. The van der Waals surface area contributed by atoms with Crippen LogP contribution < -0.4 is 0 Å². The summed E-state index contributed by atoms with van der Waals surface area (Å²) in [5, 5.41) is 0. The molecular weight excluding hydrogens is 340 g/mol. The number of benzene rings is 1. The van der Waals surface area contributed by atoms with Gasteiger partial charge in [0.2, 0.25) is 0 Å². The van der Waals surface area contributed by atoms with Gasteiger partial charge in [0.05, 0.1) is 0 Å². The van der Waals surface area contributed by atoms with Crippen molar-refractivity contribution >= 4 is 37.4 Å². The van der Waals surface area contributed by atoms with E-state index in [-0.39, 0.29) is 0 Å². The molecule has 0 heterocycles. The first-order chi connectivity index (χ1) is 8.25. The van der Waals surface area contributed by atoms with Gasteiger partial charge < -0.3 is 0 Å². The van der Waals surface area contributed by atoms with Crippen molar-refractivity contribution in [2.24, 2.45) is 0 Å². The number of fused-ring (bicyclic) bond motifs is 2. The molecule has 86 valence electrons. The lowest BCUT2D eigenvalue weighted by atomic mass is 9.90. The van der Waals surface area contributed by atoms with Gasteiger partial charge in [-0.2, -0.15) is 0 Å². The monoisotopic (exact) mass is 350 g/mol. The molecule has 2 aliphatic rings. The summed E-state index contributed by atoms with van der Waals surface area (Å²) in [5.74, 6) is 0. The number of hydrogen-bond donors (Lipinski definition) is 0. The lowest BCUT2D eigenvalue weighted by Gasteiger charge is -2.16. The molecule has 2 heteroatoms. The number of rotatable bonds is 0. The Labute approximate surface area is 118 Å². The van der Waals surface area contributed by atoms with E-state index in [4.69, 9.17) is 0 Å². The van der Waals surface area contributed by atoms with E-state index < -0.39 is 0 Å². The third-order valence-electron chi connectivity index (χ3n) is 3.32. The molecule has 1 aromatic carbocycles. The summed E-state index contributed by atoms with van der Waals surface area (Å²) in [4.78, 5) is 0. The van der Waals surface area contributed by atoms with Crippen molar-refractivity contribution in [1.29, 1.82) is 0 Å². The van der Waals surface area contributed by atoms with Crippen molar-refractivity contribution in [2.45, 2.75) is 19.3 Å². The van der Waals surface area contributed by atoms with Gasteiger partial charge in [-0.1, -0.05) is 56.2 Å². The van der Waals surface area contributed by atoms with E-state index >= 15 is 0 Å². The van der Waals surface area contributed by atoms with Crippen molar-refractivity contribution in [2.75, 3.05) is 0 Å². The smallest absolute Gasteiger partial charge is 0.0214 e. The van der Waals surface area contributed by atoms with Gasteiger partial charge in [-0.05, 0) is 53.7 Å². The summed E-state index contributed by atoms with van der Waals surface area (Å²) in [6.45, 7) is 0. The average molecular weight is 352 g/mol. The lowest BCUT2D eigenvalue weighted by Crippen LogP contribution is -1.96. The maximum atomic E-state index is 3.70. The minimum Gasteiger partial charge on any atom is -0.0836 e. The highest BCUT2D eigenvalue weighted by atomic mass is 79.9. The molecule has 0 atom stereocenters. The summed E-state index contributed by atoms with van der Waals surface area (Å²) in [5.41, 5.74) is 5.67. The van der Waals surface area contributed by atoms with Crippen LogP contribution >= 0.6 is 31.9 Å². The second-order valence-electron chi connectivity index (χ2n) is 4.39. The Hall–Kier alpha value is -0.600. The van der Waals surface area contributed by atoms with Crippen molar-refractivity contribution < 1.29 is 0 Å². The summed E-state index contributed by atoms with van der Waals surface area (Å²) in [6.07, 6.45) is 10.1. The zero-order valence-electron chi connectivity index (χ0n) is 9.34. The topological polar surface area (TPSA) is 0 Å². The van der Waals surface area contributed by atoms with E-state index in [0.717, 1.165) is 23.7 Å². The van der Waals surface area contributed by atoms with Crippen LogP contribution in [0.2, 0.25) is 0 Å². The largest absolute Gasteiger partial charge is 0.0836 e. The van der Waals surface area contributed by atoms with Gasteiger partial charge in [-0.25, -0.2) is 0 Å². The van der Waals surface area contributed by atoms with Crippen LogP contribution in [0.15, 0.2) is 51.0 Å². The molecule has 3 rings (SSSR count). The van der Waals surface area contributed by atoms with Gasteiger partial charge in [0.1, 0.15) is 0 Å². The summed E-state index contributed by atoms with van der Waals surface area (Å²) < 4.78 is 2.40. The fourth-order valence-corrected chi connectivity index (χ4v) is 3.44. The molecule has 0 aliphatic heterocycles. The van der Waals surface area contributed by atoms with Gasteiger partial charge in [-0.15, -0.1) is 0 Å². The van der Waals surface area contributed by atoms with Crippen LogP contribution in [0.1, 0.15) is 24.0 Å². The number of hydrogen-bond acceptors (Lipinski definition) is 0. The Bertz CT molecular complexity index is 562. The fraction of sp³-hybridized carbons (Fsp3) is 0.200. The Morgan fingerprint density at radius 1 is 1.12 bits per heavy atom. The number of allylic oxidation sites excluding steroid dienone is 6. The molecule has 17 heavy (non-hydrogen) atoms. The van der Waals surface area contributed by atoms with Gasteiger partial charge in [0, 0.05) is 8.96 Å². The van der Waals surface area contributed by atoms with Crippen LogP contribution in [-0.4, -0.2) is 0 Å². The first-order valence-corrected chi connectivity index (χ1v) is 7.39. The summed E-state index contributed by atoms with van der Waals surface area (Å²) in [6, 6.07) is 6.62. The Morgan fingerprint density at radius 2 is 2.00 bits per heavy atom. The zero-order valence-corrected chi connectivity index (χ0v) is 12.5. The summed E-state index contributed by atoms with van der Waals surface area (Å²) in [7, 11) is 0. The van der Waals surface area contributed by atoms with Gasteiger partial charge in [0.15, 0.2) is 0 Å². The third kappa shape index (κ3) is 2.09. The SMILES string of the molecule is BrC1=CCc2cc(Br)ccc2C2=C1C=CCC2. The zero-order chi connectivity index (χ0) is 11.8. The normalized spacial score (nSPS) is 18.4. The second kappa shape index (κ2) is 4.58. The van der Waals surface area contributed by atoms with Crippen LogP contribution in [0.25, 0.3) is 5.57 Å². The Balaban J connectivity index is 2.25. The Morgan fingerprint density at radius 3 is 2.88 bits per heavy atom. The predicted molar refractivity (Wildman–Crippen MR) is 80.2 cm³/mol. The van der Waals surface area contributed by atoms with Crippen LogP contribution in [0.4, 0.5) is 0 Å². The van der Waals surface area contributed by atoms with Gasteiger partial charge >= 0.3 is 0 Å². The van der Waals surface area contributed by atoms with E-state index in [1.807, 2.05) is 0 Å². The minimum absolute atomic E-state index is 0.996. The molecule has 0 N–H and O–H groups in total. The van der Waals surface area contributed by atoms with E-state index in [2.05, 4.69) is 68.3 Å². The third-order valence-corrected chi connectivity index (χ3v) is 4.57. The molecule has 0 saturated heterocycles. The van der Waals surface area contributed by atoms with E-state index in [1.54, 1.807) is 0 Å². The first-order valence-electron chi connectivity index (χ1n) is 5.80. The highest BCUT2D eigenvalue weighted by Gasteiger charge is 2.18. The summed E-state index contributed by atoms with van der Waals surface area (Å²) >= 11 is 7.25. The maximum absolute atomic E-state index is 3.70.